The Labute approximate surface area is 123 Å². The SMILES string of the molecule is NCC(c1ccccc1)C1(C(=O)O)CCCN(C(=O)O)C1. The number of nitrogens with two attached hydrogens (primary N) is 1. The zero-order valence-corrected chi connectivity index (χ0v) is 11.7. The van der Waals surface area contributed by atoms with Crippen LogP contribution >= 0.6 is 0 Å². The van der Waals surface area contributed by atoms with Gasteiger partial charge in [0.25, 0.3) is 0 Å². The molecule has 4 N–H and O–H groups in total. The van der Waals surface area contributed by atoms with Crippen LogP contribution in [0, 0.1) is 5.41 Å². The number of nitrogens with zero attached hydrogens (tertiary/aromatic N) is 1. The van der Waals surface area contributed by atoms with Gasteiger partial charge in [0.1, 0.15) is 0 Å². The molecule has 1 aliphatic heterocycles. The number of amides is 1. The van der Waals surface area contributed by atoms with Crippen molar-refractivity contribution >= 4 is 12.1 Å². The number of hydrogen-bond acceptors (Lipinski definition) is 3. The molecular weight excluding hydrogens is 272 g/mol. The molecule has 1 fully saturated rings. The summed E-state index contributed by atoms with van der Waals surface area (Å²) >= 11 is 0. The number of carbonyl (C=O) groups is 2. The summed E-state index contributed by atoms with van der Waals surface area (Å²) in [6, 6.07) is 9.23. The van der Waals surface area contributed by atoms with E-state index in [1.54, 1.807) is 0 Å². The average Bonchev–Trinajstić information content (AvgIpc) is 2.49. The fourth-order valence-corrected chi connectivity index (χ4v) is 3.22. The van der Waals surface area contributed by atoms with Crippen molar-refractivity contribution in [2.75, 3.05) is 19.6 Å². The lowest BCUT2D eigenvalue weighted by molar-refractivity contribution is -0.153. The summed E-state index contributed by atoms with van der Waals surface area (Å²) in [5, 5.41) is 19.0. The average molecular weight is 292 g/mol. The van der Waals surface area contributed by atoms with Crippen molar-refractivity contribution in [3.8, 4) is 0 Å². The minimum Gasteiger partial charge on any atom is -0.481 e. The molecule has 1 saturated heterocycles. The fourth-order valence-electron chi connectivity index (χ4n) is 3.22. The van der Waals surface area contributed by atoms with E-state index in [4.69, 9.17) is 5.73 Å². The van der Waals surface area contributed by atoms with E-state index in [2.05, 4.69) is 0 Å². The number of carboxylic acids is 1. The van der Waals surface area contributed by atoms with Gasteiger partial charge in [0.05, 0.1) is 5.41 Å². The summed E-state index contributed by atoms with van der Waals surface area (Å²) in [6.07, 6.45) is -0.116. The highest BCUT2D eigenvalue weighted by atomic mass is 16.4. The van der Waals surface area contributed by atoms with Crippen LogP contribution in [-0.4, -0.2) is 46.8 Å². The summed E-state index contributed by atoms with van der Waals surface area (Å²) in [7, 11) is 0. The molecule has 114 valence electrons. The van der Waals surface area contributed by atoms with Crippen molar-refractivity contribution in [2.24, 2.45) is 11.1 Å². The second-order valence-corrected chi connectivity index (χ2v) is 5.47. The van der Waals surface area contributed by atoms with Gasteiger partial charge in [0, 0.05) is 25.6 Å². The van der Waals surface area contributed by atoms with Gasteiger partial charge in [-0.15, -0.1) is 0 Å². The van der Waals surface area contributed by atoms with Gasteiger partial charge in [-0.3, -0.25) is 4.79 Å². The van der Waals surface area contributed by atoms with E-state index in [0.29, 0.717) is 19.4 Å². The standard InChI is InChI=1S/C15H20N2O4/c16-9-12(11-5-2-1-3-6-11)15(13(18)19)7-4-8-17(10-15)14(20)21/h1-3,5-6,12H,4,7-10,16H2,(H,18,19)(H,20,21). The van der Waals surface area contributed by atoms with Crippen molar-refractivity contribution < 1.29 is 19.8 Å². The molecule has 1 aromatic carbocycles. The van der Waals surface area contributed by atoms with Crippen LogP contribution in [-0.2, 0) is 4.79 Å². The Bertz CT molecular complexity index is 520. The quantitative estimate of drug-likeness (QED) is 0.781. The number of rotatable bonds is 4. The molecule has 0 bridgehead atoms. The van der Waals surface area contributed by atoms with Crippen LogP contribution in [0.2, 0.25) is 0 Å². The first-order chi connectivity index (χ1) is 10.0. The van der Waals surface area contributed by atoms with E-state index in [1.807, 2.05) is 30.3 Å². The lowest BCUT2D eigenvalue weighted by Gasteiger charge is -2.43. The Balaban J connectivity index is 2.41. The molecule has 0 aliphatic carbocycles. The Morgan fingerprint density at radius 2 is 1.95 bits per heavy atom. The van der Waals surface area contributed by atoms with Crippen molar-refractivity contribution in [3.63, 3.8) is 0 Å². The molecule has 0 aromatic heterocycles. The van der Waals surface area contributed by atoms with Gasteiger partial charge in [0.15, 0.2) is 0 Å². The molecule has 1 heterocycles. The zero-order chi connectivity index (χ0) is 15.5. The van der Waals surface area contributed by atoms with E-state index in [1.165, 1.54) is 4.90 Å². The van der Waals surface area contributed by atoms with Gasteiger partial charge in [-0.05, 0) is 18.4 Å². The van der Waals surface area contributed by atoms with Crippen molar-refractivity contribution in [3.05, 3.63) is 35.9 Å². The second-order valence-electron chi connectivity index (χ2n) is 5.47. The molecule has 0 spiro atoms. The maximum absolute atomic E-state index is 11.9. The van der Waals surface area contributed by atoms with Gasteiger partial charge in [-0.1, -0.05) is 30.3 Å². The summed E-state index contributed by atoms with van der Waals surface area (Å²) in [5.74, 6) is -1.38. The van der Waals surface area contributed by atoms with Crippen LogP contribution in [0.3, 0.4) is 0 Å². The number of benzene rings is 1. The summed E-state index contributed by atoms with van der Waals surface area (Å²) in [5.41, 5.74) is 5.53. The topological polar surface area (TPSA) is 104 Å². The van der Waals surface area contributed by atoms with E-state index in [9.17, 15) is 19.8 Å². The van der Waals surface area contributed by atoms with Gasteiger partial charge in [-0.2, -0.15) is 0 Å². The van der Waals surface area contributed by atoms with Crippen molar-refractivity contribution in [1.29, 1.82) is 0 Å². The highest BCUT2D eigenvalue weighted by Gasteiger charge is 2.49. The maximum Gasteiger partial charge on any atom is 0.407 e. The first kappa shape index (κ1) is 15.3. The van der Waals surface area contributed by atoms with E-state index >= 15 is 0 Å². The van der Waals surface area contributed by atoms with Crippen LogP contribution in [0.5, 0.6) is 0 Å². The molecule has 2 rings (SSSR count). The Morgan fingerprint density at radius 3 is 2.48 bits per heavy atom. The molecule has 0 saturated carbocycles. The number of aliphatic carboxylic acids is 1. The van der Waals surface area contributed by atoms with Crippen molar-refractivity contribution in [2.45, 2.75) is 18.8 Å². The third-order valence-corrected chi connectivity index (χ3v) is 4.33. The van der Waals surface area contributed by atoms with E-state index in [0.717, 1.165) is 5.56 Å². The third kappa shape index (κ3) is 2.85. The van der Waals surface area contributed by atoms with Crippen LogP contribution < -0.4 is 5.73 Å². The summed E-state index contributed by atoms with van der Waals surface area (Å²) in [6.45, 7) is 0.522. The van der Waals surface area contributed by atoms with Gasteiger partial charge in [-0.25, -0.2) is 4.79 Å². The highest BCUT2D eigenvalue weighted by molar-refractivity contribution is 5.78. The predicted octanol–water partition coefficient (Wildman–Crippen LogP) is 1.57. The Morgan fingerprint density at radius 1 is 1.29 bits per heavy atom. The molecule has 1 aromatic rings. The summed E-state index contributed by atoms with van der Waals surface area (Å²) < 4.78 is 0. The molecule has 2 unspecified atom stereocenters. The van der Waals surface area contributed by atoms with Crippen molar-refractivity contribution in [1.82, 2.24) is 4.90 Å². The summed E-state index contributed by atoms with van der Waals surface area (Å²) in [4.78, 5) is 24.3. The number of carboxylic acid groups (broad SMARTS) is 2. The maximum atomic E-state index is 11.9. The van der Waals surface area contributed by atoms with Crippen LogP contribution in [0.1, 0.15) is 24.3 Å². The largest absolute Gasteiger partial charge is 0.481 e. The molecule has 6 nitrogen and oxygen atoms in total. The van der Waals surface area contributed by atoms with Gasteiger partial charge in [0.2, 0.25) is 0 Å². The molecule has 6 heteroatoms. The number of likely N-dealkylation sites (tertiary alicyclic amines) is 1. The molecule has 0 radical (unpaired) electrons. The Kier molecular flexibility index (Phi) is 4.47. The predicted molar refractivity (Wildman–Crippen MR) is 77.1 cm³/mol. The normalized spacial score (nSPS) is 23.6. The fraction of sp³-hybridized carbons (Fsp3) is 0.467. The van der Waals surface area contributed by atoms with E-state index < -0.39 is 23.4 Å². The molecule has 2 atom stereocenters. The Hall–Kier alpha value is -2.08. The van der Waals surface area contributed by atoms with Gasteiger partial charge >= 0.3 is 12.1 Å². The zero-order valence-electron chi connectivity index (χ0n) is 11.7. The third-order valence-electron chi connectivity index (χ3n) is 4.33. The molecular formula is C15H20N2O4. The molecule has 21 heavy (non-hydrogen) atoms. The lowest BCUT2D eigenvalue weighted by Crippen LogP contribution is -2.53. The molecule has 1 aliphatic rings. The minimum atomic E-state index is -1.16. The smallest absolute Gasteiger partial charge is 0.407 e. The van der Waals surface area contributed by atoms with Crippen LogP contribution in [0.15, 0.2) is 30.3 Å². The van der Waals surface area contributed by atoms with Crippen LogP contribution in [0.4, 0.5) is 4.79 Å². The monoisotopic (exact) mass is 292 g/mol. The van der Waals surface area contributed by atoms with Crippen LogP contribution in [0.25, 0.3) is 0 Å². The number of piperidine rings is 1. The van der Waals surface area contributed by atoms with E-state index in [-0.39, 0.29) is 13.1 Å². The minimum absolute atomic E-state index is 0.0194. The first-order valence-corrected chi connectivity index (χ1v) is 6.97. The first-order valence-electron chi connectivity index (χ1n) is 6.97. The molecule has 1 amide bonds. The number of hydrogen-bond donors (Lipinski definition) is 3. The highest BCUT2D eigenvalue weighted by Crippen LogP contribution is 2.43. The van der Waals surface area contributed by atoms with Gasteiger partial charge < -0.3 is 20.8 Å². The second kappa shape index (κ2) is 6.13. The lowest BCUT2D eigenvalue weighted by atomic mass is 9.67.